The fourth-order valence-corrected chi connectivity index (χ4v) is 6.98. The number of phenolic OH excluding ortho intramolecular Hbond substituents is 6. The van der Waals surface area contributed by atoms with Gasteiger partial charge in [0.25, 0.3) is 0 Å². The van der Waals surface area contributed by atoms with Crippen molar-refractivity contribution in [1.29, 1.82) is 0 Å². The lowest BCUT2D eigenvalue weighted by Gasteiger charge is -2.25. The number of nitrogens with one attached hydrogen (secondary N) is 1. The minimum atomic E-state index is -0.940. The molecule has 10 N–H and O–H groups in total. The molecule has 0 bridgehead atoms. The summed E-state index contributed by atoms with van der Waals surface area (Å²) in [5.74, 6) is -2.51. The van der Waals surface area contributed by atoms with Crippen molar-refractivity contribution in [2.75, 3.05) is 0 Å². The van der Waals surface area contributed by atoms with Crippen LogP contribution in [0.4, 0.5) is 4.79 Å². The van der Waals surface area contributed by atoms with E-state index in [1.807, 2.05) is 0 Å². The van der Waals surface area contributed by atoms with Crippen LogP contribution in [0.2, 0.25) is 0 Å². The number of aromatic hydroxyl groups is 6. The molecule has 0 aliphatic heterocycles. The molecule has 2 amide bonds. The number of hydroxylamine groups is 1. The number of nitrogens with two attached hydrogens (primary N) is 1. The minimum absolute atomic E-state index is 0.0211. The number of carbonyl (C=O) groups excluding carboxylic acids is 1. The van der Waals surface area contributed by atoms with Crippen molar-refractivity contribution < 1.29 is 40.6 Å². The average molecular weight is 581 g/mol. The Morgan fingerprint density at radius 1 is 0.488 bits per heavy atom. The van der Waals surface area contributed by atoms with Gasteiger partial charge in [-0.2, -0.15) is 0 Å². The summed E-state index contributed by atoms with van der Waals surface area (Å²) in [6, 6.07) is 3.92. The average Bonchev–Trinajstić information content (AvgIpc) is 2.92. The van der Waals surface area contributed by atoms with Gasteiger partial charge in [0.15, 0.2) is 0 Å². The van der Waals surface area contributed by atoms with Gasteiger partial charge in [-0.1, -0.05) is 0 Å². The Kier molecular flexibility index (Phi) is 4.85. The molecule has 8 rings (SSSR count). The molecule has 43 heavy (non-hydrogen) atoms. The fourth-order valence-electron chi connectivity index (χ4n) is 6.98. The second-order valence-corrected chi connectivity index (χ2v) is 10.6. The van der Waals surface area contributed by atoms with Crippen molar-refractivity contribution in [3.05, 3.63) is 55.8 Å². The number of hydrogen-bond donors (Lipinski definition) is 9. The normalized spacial score (nSPS) is 12.1. The SMILES string of the molecule is Cc1cc(O)c2c(=O)c3c(O)cc(O)c4c5c(O)cc(O)c6c(=O)c7c(O)cc(C)c8c1c2c(c34)c(c78)c65.NC(=O)NO. The quantitative estimate of drug-likeness (QED) is 0.0539. The molecule has 8 aromatic rings. The molecule has 0 radical (unpaired) electrons. The Hall–Kier alpha value is -6.01. The van der Waals surface area contributed by atoms with Crippen LogP contribution in [0.3, 0.4) is 0 Å². The van der Waals surface area contributed by atoms with Gasteiger partial charge in [0.2, 0.25) is 10.9 Å². The molecular weight excluding hydrogens is 560 g/mol. The highest BCUT2D eigenvalue weighted by molar-refractivity contribution is 6.50. The van der Waals surface area contributed by atoms with Gasteiger partial charge < -0.3 is 36.4 Å². The molecule has 0 saturated heterocycles. The van der Waals surface area contributed by atoms with Gasteiger partial charge >= 0.3 is 6.03 Å². The van der Waals surface area contributed by atoms with Crippen LogP contribution in [0.5, 0.6) is 34.5 Å². The molecule has 0 unspecified atom stereocenters. The van der Waals surface area contributed by atoms with E-state index in [1.165, 1.54) is 17.6 Å². The van der Waals surface area contributed by atoms with E-state index in [0.717, 1.165) is 12.1 Å². The molecule has 8 aromatic carbocycles. The van der Waals surface area contributed by atoms with Gasteiger partial charge in [-0.3, -0.25) is 14.8 Å². The second kappa shape index (κ2) is 8.05. The summed E-state index contributed by atoms with van der Waals surface area (Å²) in [5, 5.41) is 75.9. The third-order valence-electron chi connectivity index (χ3n) is 8.35. The Morgan fingerprint density at radius 2 is 0.721 bits per heavy atom. The number of rotatable bonds is 0. The van der Waals surface area contributed by atoms with Crippen molar-refractivity contribution in [2.45, 2.75) is 13.8 Å². The second-order valence-electron chi connectivity index (χ2n) is 10.6. The standard InChI is InChI=1S/C30H16O8.CH4N2O2/c1-7-3-9(31)19-23-15(7)16-8(2)4-10(32)20-24(16)28-26-18(12(34)6-14(36)22(26)30(20)38)17-11(33)5-13(35)21(29(19)37)25(17)27(23)28;2-1(4)3-5/h3-6,31-36H,1-2H3;5H,(H3,2,3,4). The topological polar surface area (TPSA) is 231 Å². The lowest BCUT2D eigenvalue weighted by Crippen LogP contribution is -2.25. The summed E-state index contributed by atoms with van der Waals surface area (Å²) in [6.07, 6.45) is 0. The third-order valence-corrected chi connectivity index (χ3v) is 8.35. The van der Waals surface area contributed by atoms with Crippen molar-refractivity contribution in [1.82, 2.24) is 5.48 Å². The van der Waals surface area contributed by atoms with Crippen molar-refractivity contribution in [3.8, 4) is 34.5 Å². The van der Waals surface area contributed by atoms with Gasteiger partial charge in [0, 0.05) is 55.2 Å². The molecule has 0 aliphatic rings. The first kappa shape index (κ1) is 25.9. The highest BCUT2D eigenvalue weighted by Gasteiger charge is 2.32. The van der Waals surface area contributed by atoms with E-state index in [2.05, 4.69) is 5.73 Å². The monoisotopic (exact) mass is 580 g/mol. The highest BCUT2D eigenvalue weighted by atomic mass is 16.5. The van der Waals surface area contributed by atoms with Gasteiger partial charge in [-0.15, -0.1) is 0 Å². The predicted molar refractivity (Wildman–Crippen MR) is 160 cm³/mol. The lowest BCUT2D eigenvalue weighted by molar-refractivity contribution is 0.169. The molecule has 0 saturated carbocycles. The molecule has 0 aliphatic carbocycles. The molecule has 0 atom stereocenters. The number of amides is 2. The van der Waals surface area contributed by atoms with Crippen LogP contribution < -0.4 is 22.1 Å². The van der Waals surface area contributed by atoms with Crippen LogP contribution in [-0.4, -0.2) is 41.9 Å². The van der Waals surface area contributed by atoms with Crippen LogP contribution in [0.15, 0.2) is 33.9 Å². The number of hydrogen-bond acceptors (Lipinski definition) is 10. The highest BCUT2D eigenvalue weighted by Crippen LogP contribution is 2.56. The van der Waals surface area contributed by atoms with E-state index >= 15 is 0 Å². The molecule has 0 spiro atoms. The summed E-state index contributed by atoms with van der Waals surface area (Å²) >= 11 is 0. The molecule has 12 nitrogen and oxygen atoms in total. The number of aryl methyl sites for hydroxylation is 2. The molecule has 0 heterocycles. The first-order chi connectivity index (χ1) is 20.3. The number of phenols is 6. The fraction of sp³-hybridized carbons (Fsp3) is 0.0645. The minimum Gasteiger partial charge on any atom is -0.507 e. The van der Waals surface area contributed by atoms with E-state index in [-0.39, 0.29) is 54.6 Å². The Balaban J connectivity index is 0.000000558. The predicted octanol–water partition coefficient (Wildman–Crippen LogP) is 4.12. The van der Waals surface area contributed by atoms with Gasteiger partial charge in [0.05, 0.1) is 21.5 Å². The van der Waals surface area contributed by atoms with Gasteiger partial charge in [0.1, 0.15) is 34.5 Å². The van der Waals surface area contributed by atoms with Gasteiger partial charge in [-0.25, -0.2) is 10.3 Å². The Morgan fingerprint density at radius 3 is 1.02 bits per heavy atom. The van der Waals surface area contributed by atoms with E-state index in [9.17, 15) is 45.0 Å². The molecule has 0 fully saturated rings. The zero-order valence-electron chi connectivity index (χ0n) is 22.2. The smallest absolute Gasteiger partial charge is 0.335 e. The third kappa shape index (κ3) is 2.89. The molecular formula is C31H20N2O10. The van der Waals surface area contributed by atoms with Crippen LogP contribution in [0, 0.1) is 13.8 Å². The van der Waals surface area contributed by atoms with Crippen LogP contribution >= 0.6 is 0 Å². The van der Waals surface area contributed by atoms with Crippen molar-refractivity contribution >= 4 is 81.4 Å². The number of benzene rings is 8. The van der Waals surface area contributed by atoms with E-state index in [1.54, 1.807) is 13.8 Å². The van der Waals surface area contributed by atoms with Gasteiger partial charge in [-0.05, 0) is 47.9 Å². The summed E-state index contributed by atoms with van der Waals surface area (Å²) in [5.41, 5.74) is 5.35. The first-order valence-corrected chi connectivity index (χ1v) is 12.8. The van der Waals surface area contributed by atoms with Crippen molar-refractivity contribution in [3.63, 3.8) is 0 Å². The van der Waals surface area contributed by atoms with Crippen LogP contribution in [-0.2, 0) is 0 Å². The number of urea groups is 1. The van der Waals surface area contributed by atoms with E-state index in [0.29, 0.717) is 43.4 Å². The summed E-state index contributed by atoms with van der Waals surface area (Å²) in [6.45, 7) is 3.51. The largest absolute Gasteiger partial charge is 0.507 e. The maximum Gasteiger partial charge on any atom is 0.335 e. The number of fused-ring (bicyclic) bond motifs is 2. The molecule has 12 heteroatoms. The maximum absolute atomic E-state index is 13.9. The Labute approximate surface area is 237 Å². The maximum atomic E-state index is 13.9. The Bertz CT molecular complexity index is 2310. The number of carbonyl (C=O) groups is 1. The zero-order chi connectivity index (χ0) is 31.0. The summed E-state index contributed by atoms with van der Waals surface area (Å²) < 4.78 is 0. The summed E-state index contributed by atoms with van der Waals surface area (Å²) in [7, 11) is 0. The zero-order valence-corrected chi connectivity index (χ0v) is 22.2. The van der Waals surface area contributed by atoms with E-state index < -0.39 is 39.9 Å². The molecule has 214 valence electrons. The van der Waals surface area contributed by atoms with Crippen LogP contribution in [0.1, 0.15) is 11.1 Å². The first-order valence-electron chi connectivity index (χ1n) is 12.8. The van der Waals surface area contributed by atoms with E-state index in [4.69, 9.17) is 5.21 Å². The van der Waals surface area contributed by atoms with Crippen LogP contribution in [0.25, 0.3) is 75.4 Å². The van der Waals surface area contributed by atoms with Crippen molar-refractivity contribution in [2.24, 2.45) is 5.73 Å². The molecule has 0 aromatic heterocycles. The summed E-state index contributed by atoms with van der Waals surface area (Å²) in [4.78, 5) is 37.0. The lowest BCUT2D eigenvalue weighted by atomic mass is 9.78. The number of primary amides is 1.